The standard InChI is InChI=1S/C22H26N6O4/c29-19-5-4-18(21(30)26-19)27-11-15-3-1-2-14(20(15)22(27)31)8-24-16-9-25-28(12-16)17-10-23-6-7-32-13-17/h1-3,9,12,17-18,23-24H,4-8,10-11,13H2,(H,26,29,30). The molecule has 0 saturated carbocycles. The zero-order chi connectivity index (χ0) is 22.1. The summed E-state index contributed by atoms with van der Waals surface area (Å²) in [6, 6.07) is 5.29. The molecule has 10 heteroatoms. The second-order valence-corrected chi connectivity index (χ2v) is 8.35. The Labute approximate surface area is 185 Å². The van der Waals surface area contributed by atoms with Crippen LogP contribution < -0.4 is 16.0 Å². The smallest absolute Gasteiger partial charge is 0.255 e. The Bertz CT molecular complexity index is 1040. The van der Waals surface area contributed by atoms with Gasteiger partial charge in [0.25, 0.3) is 5.91 Å². The largest absolute Gasteiger partial charge is 0.378 e. The summed E-state index contributed by atoms with van der Waals surface area (Å²) in [6.07, 6.45) is 4.32. The highest BCUT2D eigenvalue weighted by Crippen LogP contribution is 2.30. The number of nitrogens with one attached hydrogen (secondary N) is 3. The van der Waals surface area contributed by atoms with Crippen LogP contribution in [-0.2, 0) is 27.4 Å². The molecule has 10 nitrogen and oxygen atoms in total. The lowest BCUT2D eigenvalue weighted by molar-refractivity contribution is -0.136. The fraction of sp³-hybridized carbons (Fsp3) is 0.455. The molecule has 168 valence electrons. The molecule has 2 atom stereocenters. The minimum atomic E-state index is -0.609. The molecule has 4 heterocycles. The Balaban J connectivity index is 1.28. The minimum absolute atomic E-state index is 0.137. The third-order valence-electron chi connectivity index (χ3n) is 6.21. The first kappa shape index (κ1) is 20.7. The van der Waals surface area contributed by atoms with Crippen LogP contribution in [0.3, 0.4) is 0 Å². The highest BCUT2D eigenvalue weighted by molar-refractivity contribution is 6.06. The number of carbonyl (C=O) groups is 3. The number of hydrogen-bond acceptors (Lipinski definition) is 7. The van der Waals surface area contributed by atoms with Gasteiger partial charge >= 0.3 is 0 Å². The molecular formula is C22H26N6O4. The first-order valence-corrected chi connectivity index (χ1v) is 10.9. The van der Waals surface area contributed by atoms with Gasteiger partial charge in [0.1, 0.15) is 6.04 Å². The van der Waals surface area contributed by atoms with Crippen LogP contribution in [0.25, 0.3) is 0 Å². The van der Waals surface area contributed by atoms with E-state index in [1.54, 1.807) is 11.1 Å². The van der Waals surface area contributed by atoms with Crippen LogP contribution in [0.15, 0.2) is 30.6 Å². The van der Waals surface area contributed by atoms with Gasteiger partial charge in [-0.2, -0.15) is 5.10 Å². The van der Waals surface area contributed by atoms with E-state index in [0.29, 0.717) is 38.3 Å². The number of ether oxygens (including phenoxy) is 1. The zero-order valence-corrected chi connectivity index (χ0v) is 17.7. The molecule has 2 fully saturated rings. The van der Waals surface area contributed by atoms with Crippen LogP contribution in [0.1, 0.15) is 40.4 Å². The average molecular weight is 438 g/mol. The van der Waals surface area contributed by atoms with Crippen molar-refractivity contribution in [3.05, 3.63) is 47.3 Å². The molecule has 3 N–H and O–H groups in total. The van der Waals surface area contributed by atoms with Crippen molar-refractivity contribution < 1.29 is 19.1 Å². The average Bonchev–Trinajstić information content (AvgIpc) is 3.27. The molecule has 3 aliphatic heterocycles. The van der Waals surface area contributed by atoms with Crippen LogP contribution in [0.4, 0.5) is 5.69 Å². The summed E-state index contributed by atoms with van der Waals surface area (Å²) in [6.45, 7) is 3.80. The van der Waals surface area contributed by atoms with Gasteiger partial charge in [-0.15, -0.1) is 0 Å². The van der Waals surface area contributed by atoms with E-state index in [4.69, 9.17) is 4.74 Å². The summed E-state index contributed by atoms with van der Waals surface area (Å²) >= 11 is 0. The number of hydrogen-bond donors (Lipinski definition) is 3. The second kappa shape index (κ2) is 8.71. The van der Waals surface area contributed by atoms with Crippen LogP contribution >= 0.6 is 0 Å². The summed E-state index contributed by atoms with van der Waals surface area (Å²) in [4.78, 5) is 38.5. The number of benzene rings is 1. The molecule has 1 aromatic carbocycles. The van der Waals surface area contributed by atoms with E-state index in [2.05, 4.69) is 21.0 Å². The number of aromatic nitrogens is 2. The molecule has 2 unspecified atom stereocenters. The number of rotatable bonds is 5. The van der Waals surface area contributed by atoms with Gasteiger partial charge in [0.05, 0.1) is 31.1 Å². The number of imide groups is 1. The number of amides is 3. The van der Waals surface area contributed by atoms with Crippen molar-refractivity contribution in [2.24, 2.45) is 0 Å². The summed E-state index contributed by atoms with van der Waals surface area (Å²) in [5, 5.41) is 13.5. The summed E-state index contributed by atoms with van der Waals surface area (Å²) < 4.78 is 7.50. The van der Waals surface area contributed by atoms with E-state index < -0.39 is 11.9 Å². The van der Waals surface area contributed by atoms with Crippen LogP contribution in [-0.4, -0.2) is 64.7 Å². The SMILES string of the molecule is O=C1CCC(N2Cc3cccc(CNc4cnn(C5CNCCOC5)c4)c3C2=O)C(=O)N1. The van der Waals surface area contributed by atoms with E-state index in [1.165, 1.54) is 0 Å². The van der Waals surface area contributed by atoms with Crippen LogP contribution in [0.2, 0.25) is 0 Å². The molecule has 2 aromatic rings. The minimum Gasteiger partial charge on any atom is -0.378 e. The molecule has 2 saturated heterocycles. The summed E-state index contributed by atoms with van der Waals surface area (Å²) in [5.41, 5.74) is 3.27. The molecule has 32 heavy (non-hydrogen) atoms. The number of anilines is 1. The summed E-state index contributed by atoms with van der Waals surface area (Å²) in [5.74, 6) is -0.845. The van der Waals surface area contributed by atoms with Gasteiger partial charge in [-0.3, -0.25) is 24.4 Å². The lowest BCUT2D eigenvalue weighted by Crippen LogP contribution is -2.52. The maximum absolute atomic E-state index is 13.2. The fourth-order valence-corrected chi connectivity index (χ4v) is 4.52. The second-order valence-electron chi connectivity index (χ2n) is 8.35. The van der Waals surface area contributed by atoms with Crippen molar-refractivity contribution in [3.8, 4) is 0 Å². The van der Waals surface area contributed by atoms with Crippen molar-refractivity contribution in [3.63, 3.8) is 0 Å². The van der Waals surface area contributed by atoms with E-state index in [9.17, 15) is 14.4 Å². The highest BCUT2D eigenvalue weighted by atomic mass is 16.5. The van der Waals surface area contributed by atoms with Gasteiger partial charge < -0.3 is 20.3 Å². The van der Waals surface area contributed by atoms with E-state index in [0.717, 1.165) is 29.9 Å². The quantitative estimate of drug-likeness (QED) is 0.579. The monoisotopic (exact) mass is 438 g/mol. The van der Waals surface area contributed by atoms with Crippen molar-refractivity contribution >= 4 is 23.4 Å². The third-order valence-corrected chi connectivity index (χ3v) is 6.21. The van der Waals surface area contributed by atoms with Crippen molar-refractivity contribution in [2.45, 2.75) is 38.0 Å². The Morgan fingerprint density at radius 2 is 2.16 bits per heavy atom. The third kappa shape index (κ3) is 3.98. The fourth-order valence-electron chi connectivity index (χ4n) is 4.52. The lowest BCUT2D eigenvalue weighted by Gasteiger charge is -2.29. The van der Waals surface area contributed by atoms with E-state index in [-0.39, 0.29) is 24.3 Å². The van der Waals surface area contributed by atoms with E-state index >= 15 is 0 Å². The van der Waals surface area contributed by atoms with Crippen molar-refractivity contribution in [2.75, 3.05) is 31.6 Å². The predicted molar refractivity (Wildman–Crippen MR) is 115 cm³/mol. The molecule has 0 bridgehead atoms. The van der Waals surface area contributed by atoms with Gasteiger partial charge in [0, 0.05) is 44.4 Å². The number of fused-ring (bicyclic) bond motifs is 1. The maximum Gasteiger partial charge on any atom is 0.255 e. The Morgan fingerprint density at radius 1 is 1.25 bits per heavy atom. The van der Waals surface area contributed by atoms with Crippen molar-refractivity contribution in [1.29, 1.82) is 0 Å². The molecule has 0 spiro atoms. The van der Waals surface area contributed by atoms with Crippen LogP contribution in [0, 0.1) is 0 Å². The number of piperidine rings is 1. The lowest BCUT2D eigenvalue weighted by atomic mass is 10.0. The molecule has 3 amide bonds. The van der Waals surface area contributed by atoms with Gasteiger partial charge in [0.2, 0.25) is 11.8 Å². The molecular weight excluding hydrogens is 412 g/mol. The maximum atomic E-state index is 13.2. The molecule has 1 aromatic heterocycles. The molecule has 0 aliphatic carbocycles. The first-order chi connectivity index (χ1) is 15.6. The molecule has 0 radical (unpaired) electrons. The topological polar surface area (TPSA) is 118 Å². The summed E-state index contributed by atoms with van der Waals surface area (Å²) in [7, 11) is 0. The number of nitrogens with zero attached hydrogens (tertiary/aromatic N) is 3. The Kier molecular flexibility index (Phi) is 5.62. The van der Waals surface area contributed by atoms with Gasteiger partial charge in [-0.05, 0) is 17.5 Å². The van der Waals surface area contributed by atoms with Gasteiger partial charge in [0.15, 0.2) is 0 Å². The zero-order valence-electron chi connectivity index (χ0n) is 17.7. The Morgan fingerprint density at radius 3 is 3.03 bits per heavy atom. The molecule has 3 aliphatic rings. The highest BCUT2D eigenvalue weighted by Gasteiger charge is 2.39. The molecule has 5 rings (SSSR count). The van der Waals surface area contributed by atoms with Gasteiger partial charge in [-0.25, -0.2) is 0 Å². The Hall–Kier alpha value is -3.24. The van der Waals surface area contributed by atoms with Crippen molar-refractivity contribution in [1.82, 2.24) is 25.3 Å². The van der Waals surface area contributed by atoms with Crippen LogP contribution in [0.5, 0.6) is 0 Å². The first-order valence-electron chi connectivity index (χ1n) is 10.9. The normalized spacial score (nSPS) is 23.6. The number of carbonyl (C=O) groups excluding carboxylic acids is 3. The van der Waals surface area contributed by atoms with Gasteiger partial charge in [-0.1, -0.05) is 18.2 Å². The predicted octanol–water partition coefficient (Wildman–Crippen LogP) is 0.417. The van der Waals surface area contributed by atoms with E-state index in [1.807, 2.05) is 29.1 Å².